The van der Waals surface area contributed by atoms with Gasteiger partial charge in [0.25, 0.3) is 0 Å². The lowest BCUT2D eigenvalue weighted by atomic mass is 10.1. The molecular weight excluding hydrogens is 292 g/mol. The Hall–Kier alpha value is -3.73. The Kier molecular flexibility index (Phi) is 2.95. The summed E-state index contributed by atoms with van der Waals surface area (Å²) in [7, 11) is 0. The van der Waals surface area contributed by atoms with E-state index in [1.807, 2.05) is 18.2 Å². The molecule has 0 saturated carbocycles. The summed E-state index contributed by atoms with van der Waals surface area (Å²) in [4.78, 5) is 19.0. The van der Waals surface area contributed by atoms with Crippen molar-refractivity contribution >= 4 is 28.4 Å². The van der Waals surface area contributed by atoms with E-state index in [0.29, 0.717) is 11.6 Å². The lowest BCUT2D eigenvalue weighted by Gasteiger charge is -2.07. The van der Waals surface area contributed by atoms with Crippen molar-refractivity contribution in [3.8, 4) is 11.3 Å². The lowest BCUT2D eigenvalue weighted by molar-refractivity contribution is 1.10. The second kappa shape index (κ2) is 5.23. The number of benzene rings is 1. The molecule has 110 valence electrons. The largest absolute Gasteiger partial charge is 0.345 e. The topological polar surface area (TPSA) is 99.5 Å². The number of nitrogens with one attached hydrogen (secondary N) is 3. The molecule has 8 heteroatoms. The molecule has 0 amide bonds. The van der Waals surface area contributed by atoms with Crippen molar-refractivity contribution in [2.45, 2.75) is 0 Å². The first kappa shape index (κ1) is 13.0. The highest BCUT2D eigenvalue weighted by molar-refractivity contribution is 5.94. The van der Waals surface area contributed by atoms with Gasteiger partial charge in [0.15, 0.2) is 0 Å². The fourth-order valence-corrected chi connectivity index (χ4v) is 2.31. The number of hydrogen-bond donors (Lipinski definition) is 3. The smallest absolute Gasteiger partial charge is 0.224 e. The van der Waals surface area contributed by atoms with Crippen LogP contribution in [-0.2, 0) is 0 Å². The van der Waals surface area contributed by atoms with E-state index in [-0.39, 0.29) is 0 Å². The third-order valence-corrected chi connectivity index (χ3v) is 3.34. The van der Waals surface area contributed by atoms with Gasteiger partial charge >= 0.3 is 0 Å². The Morgan fingerprint density at radius 1 is 1.13 bits per heavy atom. The molecule has 0 saturated heterocycles. The number of H-pyrrole nitrogens is 2. The van der Waals surface area contributed by atoms with Gasteiger partial charge in [-0.1, -0.05) is 0 Å². The summed E-state index contributed by atoms with van der Waals surface area (Å²) in [6.45, 7) is 6.92. The Morgan fingerprint density at radius 3 is 2.74 bits per heavy atom. The summed E-state index contributed by atoms with van der Waals surface area (Å²) < 4.78 is 0. The first-order valence-electron chi connectivity index (χ1n) is 6.77. The lowest BCUT2D eigenvalue weighted by Crippen LogP contribution is -1.96. The quantitative estimate of drug-likeness (QED) is 0.505. The second-order valence-electron chi connectivity index (χ2n) is 4.79. The number of anilines is 2. The molecule has 0 aliphatic rings. The van der Waals surface area contributed by atoms with Gasteiger partial charge < -0.3 is 10.3 Å². The Morgan fingerprint density at radius 2 is 2.00 bits per heavy atom. The Labute approximate surface area is 130 Å². The first-order chi connectivity index (χ1) is 11.3. The Balaban J connectivity index is 1.76. The van der Waals surface area contributed by atoms with Crippen molar-refractivity contribution in [2.75, 3.05) is 5.32 Å². The van der Waals surface area contributed by atoms with E-state index in [4.69, 9.17) is 6.57 Å². The van der Waals surface area contributed by atoms with Crippen LogP contribution in [0, 0.1) is 6.57 Å². The molecule has 0 spiro atoms. The van der Waals surface area contributed by atoms with E-state index in [9.17, 15) is 0 Å². The van der Waals surface area contributed by atoms with Crippen LogP contribution < -0.4 is 5.32 Å². The fraction of sp³-hybridized carbons (Fsp3) is 0. The molecule has 23 heavy (non-hydrogen) atoms. The zero-order valence-corrected chi connectivity index (χ0v) is 11.8. The number of rotatable bonds is 3. The number of fused-ring (bicyclic) bond motifs is 1. The summed E-state index contributed by atoms with van der Waals surface area (Å²) in [5.41, 5.74) is 4.73. The summed E-state index contributed by atoms with van der Waals surface area (Å²) in [5, 5.41) is 10.1. The average molecular weight is 302 g/mol. The van der Waals surface area contributed by atoms with Crippen molar-refractivity contribution in [3.05, 3.63) is 54.5 Å². The third kappa shape index (κ3) is 2.36. The van der Waals surface area contributed by atoms with Crippen LogP contribution in [0.2, 0.25) is 0 Å². The SMILES string of the molecule is [C-]#[N+]c1cnc(Nc2cc(-c3ccn[nH]3)c3nc[nH]c3c2)nc1. The molecule has 0 bridgehead atoms. The van der Waals surface area contributed by atoms with Crippen LogP contribution in [0.3, 0.4) is 0 Å². The van der Waals surface area contributed by atoms with Gasteiger partial charge in [-0.15, -0.1) is 0 Å². The second-order valence-corrected chi connectivity index (χ2v) is 4.79. The molecular formula is C15H10N8. The van der Waals surface area contributed by atoms with Crippen LogP contribution in [0.15, 0.2) is 43.1 Å². The van der Waals surface area contributed by atoms with Gasteiger partial charge in [-0.05, 0) is 18.2 Å². The van der Waals surface area contributed by atoms with Crippen molar-refractivity contribution in [2.24, 2.45) is 0 Å². The standard InChI is InChI=1S/C15H10N8/c1-16-10-6-17-15(18-7-10)22-9-4-11(12-2-3-21-23-12)14-13(5-9)19-8-20-14/h2-8H,(H,19,20)(H,21,23)(H,17,18,22). The minimum absolute atomic E-state index is 0.401. The first-order valence-corrected chi connectivity index (χ1v) is 6.77. The monoisotopic (exact) mass is 302 g/mol. The number of nitrogens with zero attached hydrogens (tertiary/aromatic N) is 5. The van der Waals surface area contributed by atoms with Gasteiger partial charge in [-0.2, -0.15) is 5.10 Å². The predicted molar refractivity (Wildman–Crippen MR) is 85.3 cm³/mol. The highest BCUT2D eigenvalue weighted by atomic mass is 15.1. The molecule has 0 unspecified atom stereocenters. The fourth-order valence-electron chi connectivity index (χ4n) is 2.31. The maximum Gasteiger partial charge on any atom is 0.224 e. The molecule has 1 aromatic carbocycles. The normalized spacial score (nSPS) is 10.6. The van der Waals surface area contributed by atoms with E-state index < -0.39 is 0 Å². The summed E-state index contributed by atoms with van der Waals surface area (Å²) in [6, 6.07) is 5.76. The Bertz CT molecular complexity index is 992. The molecule has 0 aliphatic heterocycles. The van der Waals surface area contributed by atoms with Gasteiger partial charge in [0, 0.05) is 29.8 Å². The van der Waals surface area contributed by atoms with Gasteiger partial charge in [0.05, 0.1) is 29.6 Å². The molecule has 4 aromatic rings. The molecule has 0 atom stereocenters. The maximum absolute atomic E-state index is 6.92. The molecule has 0 fully saturated rings. The number of hydrogen-bond acceptors (Lipinski definition) is 5. The molecule has 0 radical (unpaired) electrons. The number of imidazole rings is 1. The zero-order valence-electron chi connectivity index (χ0n) is 11.8. The third-order valence-electron chi connectivity index (χ3n) is 3.34. The summed E-state index contributed by atoms with van der Waals surface area (Å²) >= 11 is 0. The van der Waals surface area contributed by atoms with Gasteiger partial charge in [0.1, 0.15) is 0 Å². The predicted octanol–water partition coefficient (Wildman–Crippen LogP) is 3.04. The van der Waals surface area contributed by atoms with Crippen LogP contribution in [0.1, 0.15) is 0 Å². The van der Waals surface area contributed by atoms with Gasteiger partial charge in [0.2, 0.25) is 11.6 Å². The van der Waals surface area contributed by atoms with E-state index in [1.54, 1.807) is 12.5 Å². The van der Waals surface area contributed by atoms with Gasteiger partial charge in [-0.25, -0.2) is 19.8 Å². The van der Waals surface area contributed by atoms with Crippen molar-refractivity contribution in [3.63, 3.8) is 0 Å². The highest BCUT2D eigenvalue weighted by Crippen LogP contribution is 2.29. The van der Waals surface area contributed by atoms with Gasteiger partial charge in [-0.3, -0.25) is 5.10 Å². The van der Waals surface area contributed by atoms with E-state index >= 15 is 0 Å². The van der Waals surface area contributed by atoms with E-state index in [1.165, 1.54) is 12.4 Å². The van der Waals surface area contributed by atoms with Crippen molar-refractivity contribution in [1.82, 2.24) is 30.1 Å². The highest BCUT2D eigenvalue weighted by Gasteiger charge is 2.10. The van der Waals surface area contributed by atoms with Crippen LogP contribution in [0.4, 0.5) is 17.3 Å². The van der Waals surface area contributed by atoms with Crippen LogP contribution in [-0.4, -0.2) is 30.1 Å². The minimum Gasteiger partial charge on any atom is -0.345 e. The minimum atomic E-state index is 0.401. The van der Waals surface area contributed by atoms with Crippen molar-refractivity contribution < 1.29 is 0 Å². The van der Waals surface area contributed by atoms with E-state index in [0.717, 1.165) is 28.0 Å². The number of aromatic amines is 2. The van der Waals surface area contributed by atoms with Crippen LogP contribution in [0.5, 0.6) is 0 Å². The summed E-state index contributed by atoms with van der Waals surface area (Å²) in [5.74, 6) is 0.423. The van der Waals surface area contributed by atoms with Crippen LogP contribution >= 0.6 is 0 Å². The molecule has 3 aromatic heterocycles. The summed E-state index contributed by atoms with van der Waals surface area (Å²) in [6.07, 6.45) is 6.30. The molecule has 3 N–H and O–H groups in total. The number of aromatic nitrogens is 6. The maximum atomic E-state index is 6.92. The zero-order chi connectivity index (χ0) is 15.6. The molecule has 8 nitrogen and oxygen atoms in total. The van der Waals surface area contributed by atoms with Crippen LogP contribution in [0.25, 0.3) is 27.1 Å². The van der Waals surface area contributed by atoms with Crippen molar-refractivity contribution in [1.29, 1.82) is 0 Å². The van der Waals surface area contributed by atoms with E-state index in [2.05, 4.69) is 40.3 Å². The average Bonchev–Trinajstić information content (AvgIpc) is 3.26. The molecule has 0 aliphatic carbocycles. The molecule has 3 heterocycles. The molecule has 4 rings (SSSR count).